The molecule has 0 bridgehead atoms. The predicted molar refractivity (Wildman–Crippen MR) is 92.5 cm³/mol. The maximum atomic E-state index is 11.7. The molecule has 6 nitrogen and oxygen atoms in total. The molecule has 0 aliphatic rings. The SMILES string of the molecule is O=C(CCNc1ccccc1[N+](=O)[O-])NCC#Cc1ccccc1. The highest BCUT2D eigenvalue weighted by atomic mass is 16.6. The van der Waals surface area contributed by atoms with Crippen molar-refractivity contribution in [3.05, 3.63) is 70.3 Å². The Morgan fingerprint density at radius 3 is 2.54 bits per heavy atom. The summed E-state index contributed by atoms with van der Waals surface area (Å²) in [4.78, 5) is 22.1. The summed E-state index contributed by atoms with van der Waals surface area (Å²) < 4.78 is 0. The zero-order chi connectivity index (χ0) is 17.2. The van der Waals surface area contributed by atoms with E-state index in [-0.39, 0.29) is 24.6 Å². The van der Waals surface area contributed by atoms with Gasteiger partial charge in [-0.2, -0.15) is 0 Å². The molecule has 0 atom stereocenters. The van der Waals surface area contributed by atoms with Crippen molar-refractivity contribution in [3.8, 4) is 11.8 Å². The summed E-state index contributed by atoms with van der Waals surface area (Å²) in [6, 6.07) is 15.8. The quantitative estimate of drug-likeness (QED) is 0.486. The van der Waals surface area contributed by atoms with Gasteiger partial charge in [0.15, 0.2) is 0 Å². The van der Waals surface area contributed by atoms with Gasteiger partial charge >= 0.3 is 0 Å². The molecule has 0 saturated heterocycles. The van der Waals surface area contributed by atoms with Crippen molar-refractivity contribution in [2.45, 2.75) is 6.42 Å². The van der Waals surface area contributed by atoms with Gasteiger partial charge in [-0.1, -0.05) is 42.2 Å². The molecule has 0 radical (unpaired) electrons. The van der Waals surface area contributed by atoms with Gasteiger partial charge in [-0.15, -0.1) is 0 Å². The minimum atomic E-state index is -0.457. The van der Waals surface area contributed by atoms with Crippen LogP contribution in [0.5, 0.6) is 0 Å². The zero-order valence-electron chi connectivity index (χ0n) is 13.0. The number of para-hydroxylation sites is 2. The van der Waals surface area contributed by atoms with Gasteiger partial charge in [-0.05, 0) is 18.2 Å². The highest BCUT2D eigenvalue weighted by Crippen LogP contribution is 2.22. The highest BCUT2D eigenvalue weighted by molar-refractivity contribution is 5.77. The van der Waals surface area contributed by atoms with Crippen LogP contribution in [-0.4, -0.2) is 23.9 Å². The third-order valence-electron chi connectivity index (χ3n) is 3.15. The van der Waals surface area contributed by atoms with Crippen molar-refractivity contribution < 1.29 is 9.72 Å². The Morgan fingerprint density at radius 1 is 1.08 bits per heavy atom. The summed E-state index contributed by atoms with van der Waals surface area (Å²) in [5.41, 5.74) is 1.29. The molecule has 0 unspecified atom stereocenters. The zero-order valence-corrected chi connectivity index (χ0v) is 13.0. The molecule has 0 fully saturated rings. The first-order valence-corrected chi connectivity index (χ1v) is 7.45. The number of amides is 1. The number of nitro benzene ring substituents is 1. The van der Waals surface area contributed by atoms with Crippen molar-refractivity contribution in [3.63, 3.8) is 0 Å². The monoisotopic (exact) mass is 323 g/mol. The number of anilines is 1. The van der Waals surface area contributed by atoms with E-state index in [1.54, 1.807) is 18.2 Å². The smallest absolute Gasteiger partial charge is 0.292 e. The summed E-state index contributed by atoms with van der Waals surface area (Å²) >= 11 is 0. The first kappa shape index (κ1) is 17.0. The van der Waals surface area contributed by atoms with E-state index in [1.165, 1.54) is 6.07 Å². The van der Waals surface area contributed by atoms with Crippen LogP contribution < -0.4 is 10.6 Å². The lowest BCUT2D eigenvalue weighted by Gasteiger charge is -2.06. The van der Waals surface area contributed by atoms with E-state index in [9.17, 15) is 14.9 Å². The lowest BCUT2D eigenvalue weighted by atomic mass is 10.2. The van der Waals surface area contributed by atoms with E-state index < -0.39 is 4.92 Å². The van der Waals surface area contributed by atoms with E-state index >= 15 is 0 Å². The normalized spacial score (nSPS) is 9.50. The van der Waals surface area contributed by atoms with Crippen LogP contribution in [0.15, 0.2) is 54.6 Å². The Morgan fingerprint density at radius 2 is 1.79 bits per heavy atom. The lowest BCUT2D eigenvalue weighted by Crippen LogP contribution is -2.25. The van der Waals surface area contributed by atoms with E-state index in [4.69, 9.17) is 0 Å². The van der Waals surface area contributed by atoms with E-state index in [0.29, 0.717) is 12.2 Å². The maximum absolute atomic E-state index is 11.7. The predicted octanol–water partition coefficient (Wildman–Crippen LogP) is 2.56. The number of carbonyl (C=O) groups excluding carboxylic acids is 1. The molecule has 2 N–H and O–H groups in total. The molecule has 0 spiro atoms. The van der Waals surface area contributed by atoms with E-state index in [0.717, 1.165) is 5.56 Å². The fraction of sp³-hybridized carbons (Fsp3) is 0.167. The minimum absolute atomic E-state index is 0.00774. The summed E-state index contributed by atoms with van der Waals surface area (Å²) in [6.45, 7) is 0.571. The number of nitrogens with zero attached hydrogens (tertiary/aromatic N) is 1. The fourth-order valence-electron chi connectivity index (χ4n) is 1.99. The highest BCUT2D eigenvalue weighted by Gasteiger charge is 2.11. The second kappa shape index (κ2) is 8.96. The average Bonchev–Trinajstić information content (AvgIpc) is 2.60. The van der Waals surface area contributed by atoms with Crippen LogP contribution in [0.1, 0.15) is 12.0 Å². The van der Waals surface area contributed by atoms with Crippen LogP contribution in [0.4, 0.5) is 11.4 Å². The van der Waals surface area contributed by atoms with Crippen LogP contribution >= 0.6 is 0 Å². The summed E-state index contributed by atoms with van der Waals surface area (Å²) in [6.07, 6.45) is 0.207. The number of hydrogen-bond acceptors (Lipinski definition) is 4. The molecule has 0 aromatic heterocycles. The van der Waals surface area contributed by atoms with Crippen LogP contribution in [0, 0.1) is 22.0 Å². The molecule has 0 heterocycles. The molecule has 1 amide bonds. The molecule has 122 valence electrons. The molecule has 6 heteroatoms. The Kier molecular flexibility index (Phi) is 6.35. The number of benzene rings is 2. The van der Waals surface area contributed by atoms with Gasteiger partial charge in [0, 0.05) is 24.6 Å². The Hall–Kier alpha value is -3.33. The topological polar surface area (TPSA) is 84.3 Å². The third-order valence-corrected chi connectivity index (χ3v) is 3.15. The van der Waals surface area contributed by atoms with Gasteiger partial charge in [0.25, 0.3) is 5.69 Å². The molecule has 2 aromatic rings. The Labute approximate surface area is 140 Å². The molecule has 2 aromatic carbocycles. The van der Waals surface area contributed by atoms with E-state index in [2.05, 4.69) is 22.5 Å². The minimum Gasteiger partial charge on any atom is -0.379 e. The largest absolute Gasteiger partial charge is 0.379 e. The molecular weight excluding hydrogens is 306 g/mol. The van der Waals surface area contributed by atoms with Crippen molar-refractivity contribution in [1.82, 2.24) is 5.32 Å². The first-order valence-electron chi connectivity index (χ1n) is 7.45. The number of hydrogen-bond donors (Lipinski definition) is 2. The van der Waals surface area contributed by atoms with Gasteiger partial charge in [0.2, 0.25) is 5.91 Å². The van der Waals surface area contributed by atoms with Gasteiger partial charge in [0.05, 0.1) is 11.5 Å². The van der Waals surface area contributed by atoms with Gasteiger partial charge in [-0.25, -0.2) is 0 Å². The van der Waals surface area contributed by atoms with Crippen LogP contribution in [-0.2, 0) is 4.79 Å². The van der Waals surface area contributed by atoms with Crippen LogP contribution in [0.2, 0.25) is 0 Å². The Bertz CT molecular complexity index is 764. The van der Waals surface area contributed by atoms with E-state index in [1.807, 2.05) is 30.3 Å². The van der Waals surface area contributed by atoms with Crippen LogP contribution in [0.25, 0.3) is 0 Å². The first-order chi connectivity index (χ1) is 11.7. The Balaban J connectivity index is 1.73. The molecule has 24 heavy (non-hydrogen) atoms. The van der Waals surface area contributed by atoms with Crippen LogP contribution in [0.3, 0.4) is 0 Å². The molecular formula is C18H17N3O3. The average molecular weight is 323 g/mol. The molecule has 2 rings (SSSR count). The summed E-state index contributed by atoms with van der Waals surface area (Å²) in [5, 5.41) is 16.5. The van der Waals surface area contributed by atoms with Crippen molar-refractivity contribution in [2.75, 3.05) is 18.4 Å². The van der Waals surface area contributed by atoms with Crippen molar-refractivity contribution in [2.24, 2.45) is 0 Å². The number of rotatable bonds is 6. The summed E-state index contributed by atoms with van der Waals surface area (Å²) in [5.74, 6) is 5.66. The molecule has 0 aliphatic heterocycles. The number of carbonyl (C=O) groups is 1. The van der Waals surface area contributed by atoms with Gasteiger partial charge in [-0.3, -0.25) is 14.9 Å². The van der Waals surface area contributed by atoms with Gasteiger partial charge in [0.1, 0.15) is 5.69 Å². The summed E-state index contributed by atoms with van der Waals surface area (Å²) in [7, 11) is 0. The number of nitrogens with one attached hydrogen (secondary N) is 2. The van der Waals surface area contributed by atoms with Crippen molar-refractivity contribution in [1.29, 1.82) is 0 Å². The molecule has 0 saturated carbocycles. The lowest BCUT2D eigenvalue weighted by molar-refractivity contribution is -0.384. The van der Waals surface area contributed by atoms with Gasteiger partial charge < -0.3 is 10.6 Å². The second-order valence-corrected chi connectivity index (χ2v) is 4.90. The standard InChI is InChI=1S/C18H17N3O3/c22-18(20-13-6-9-15-7-2-1-3-8-15)12-14-19-16-10-4-5-11-17(16)21(23)24/h1-5,7-8,10-11,19H,12-14H2,(H,20,22). The third kappa shape index (κ3) is 5.46. The second-order valence-electron chi connectivity index (χ2n) is 4.90. The molecule has 0 aliphatic carbocycles. The van der Waals surface area contributed by atoms with Crippen molar-refractivity contribution >= 4 is 17.3 Å². The number of nitro groups is 1. The fourth-order valence-corrected chi connectivity index (χ4v) is 1.99. The maximum Gasteiger partial charge on any atom is 0.292 e.